The highest BCUT2D eigenvalue weighted by atomic mass is 19.3. The van der Waals surface area contributed by atoms with E-state index >= 15 is 0 Å². The van der Waals surface area contributed by atoms with E-state index in [2.05, 4.69) is 37.1 Å². The van der Waals surface area contributed by atoms with Crippen molar-refractivity contribution in [1.82, 2.24) is 4.90 Å². The standard InChI is InChI=1S/C18H20F2N2O/c1-12-6-7-17(8-9-21(2)16(17)10-12)13-4-5-14-15(11-13)23-18(19,20)22(14)3/h4-7,10-11,16H,8-9H2,1-3H3/t16-,17-/m0/s1. The molecule has 122 valence electrons. The minimum atomic E-state index is -3.27. The Balaban J connectivity index is 1.79. The molecule has 1 aliphatic carbocycles. The predicted molar refractivity (Wildman–Crippen MR) is 86.0 cm³/mol. The number of rotatable bonds is 1. The smallest absolute Gasteiger partial charge is 0.413 e. The molecule has 4 rings (SSSR count). The van der Waals surface area contributed by atoms with Crippen LogP contribution in [-0.2, 0) is 5.41 Å². The van der Waals surface area contributed by atoms with Crippen LogP contribution in [0.2, 0.25) is 0 Å². The Kier molecular flexibility index (Phi) is 2.92. The molecule has 0 radical (unpaired) electrons. The second-order valence-corrected chi connectivity index (χ2v) is 6.79. The molecule has 3 aliphatic rings. The van der Waals surface area contributed by atoms with E-state index in [0.717, 1.165) is 23.4 Å². The first-order valence-corrected chi connectivity index (χ1v) is 7.87. The molecule has 2 atom stereocenters. The average molecular weight is 318 g/mol. The van der Waals surface area contributed by atoms with Crippen LogP contribution < -0.4 is 9.64 Å². The fraction of sp³-hybridized carbons (Fsp3) is 0.444. The second kappa shape index (κ2) is 4.57. The van der Waals surface area contributed by atoms with Crippen molar-refractivity contribution >= 4 is 5.69 Å². The minimum Gasteiger partial charge on any atom is -0.413 e. The van der Waals surface area contributed by atoms with Gasteiger partial charge in [-0.3, -0.25) is 9.80 Å². The zero-order valence-electron chi connectivity index (χ0n) is 13.5. The van der Waals surface area contributed by atoms with E-state index < -0.39 is 6.23 Å². The van der Waals surface area contributed by atoms with E-state index in [1.165, 1.54) is 12.6 Å². The van der Waals surface area contributed by atoms with E-state index in [1.54, 1.807) is 12.1 Å². The summed E-state index contributed by atoms with van der Waals surface area (Å²) in [6.45, 7) is 3.07. The Morgan fingerprint density at radius 1 is 1.26 bits per heavy atom. The molecule has 1 aromatic carbocycles. The number of likely N-dealkylation sites (N-methyl/N-ethyl adjacent to an activating group) is 1. The number of ether oxygens (including phenoxy) is 1. The van der Waals surface area contributed by atoms with E-state index in [-0.39, 0.29) is 17.2 Å². The topological polar surface area (TPSA) is 15.7 Å². The molecule has 1 fully saturated rings. The number of anilines is 1. The van der Waals surface area contributed by atoms with Gasteiger partial charge in [0, 0.05) is 18.5 Å². The maximum absolute atomic E-state index is 13.8. The Morgan fingerprint density at radius 2 is 2.04 bits per heavy atom. The Hall–Kier alpha value is -1.88. The molecule has 0 unspecified atom stereocenters. The molecule has 1 saturated heterocycles. The molecule has 0 spiro atoms. The van der Waals surface area contributed by atoms with Gasteiger partial charge in [-0.05, 0) is 44.6 Å². The van der Waals surface area contributed by atoms with Gasteiger partial charge in [0.05, 0.1) is 5.69 Å². The fourth-order valence-corrected chi connectivity index (χ4v) is 4.00. The number of alkyl halides is 2. The Labute approximate surface area is 134 Å². The summed E-state index contributed by atoms with van der Waals surface area (Å²) >= 11 is 0. The molecular formula is C18H20F2N2O. The van der Waals surface area contributed by atoms with Crippen LogP contribution in [0.5, 0.6) is 5.75 Å². The molecule has 0 N–H and O–H groups in total. The summed E-state index contributed by atoms with van der Waals surface area (Å²) in [6.07, 6.45) is 4.32. The van der Waals surface area contributed by atoms with Crippen molar-refractivity contribution in [3.63, 3.8) is 0 Å². The molecule has 5 heteroatoms. The lowest BCUT2D eigenvalue weighted by Crippen LogP contribution is -2.39. The number of allylic oxidation sites excluding steroid dienone is 2. The van der Waals surface area contributed by atoms with Gasteiger partial charge in [0.1, 0.15) is 0 Å². The third-order valence-electron chi connectivity index (χ3n) is 5.43. The summed E-state index contributed by atoms with van der Waals surface area (Å²) in [4.78, 5) is 3.20. The highest BCUT2D eigenvalue weighted by Crippen LogP contribution is 2.49. The first-order valence-electron chi connectivity index (χ1n) is 7.87. The van der Waals surface area contributed by atoms with E-state index in [0.29, 0.717) is 5.69 Å². The molecule has 23 heavy (non-hydrogen) atoms. The van der Waals surface area contributed by atoms with Gasteiger partial charge in [0.2, 0.25) is 0 Å². The van der Waals surface area contributed by atoms with Gasteiger partial charge in [-0.25, -0.2) is 0 Å². The van der Waals surface area contributed by atoms with Crippen LogP contribution in [0.15, 0.2) is 42.0 Å². The van der Waals surface area contributed by atoms with Crippen LogP contribution in [0.1, 0.15) is 18.9 Å². The molecule has 2 heterocycles. The summed E-state index contributed by atoms with van der Waals surface area (Å²) < 4.78 is 32.4. The lowest BCUT2D eigenvalue weighted by atomic mass is 9.71. The van der Waals surface area contributed by atoms with Crippen molar-refractivity contribution < 1.29 is 13.5 Å². The van der Waals surface area contributed by atoms with Crippen LogP contribution in [0.4, 0.5) is 14.5 Å². The summed E-state index contributed by atoms with van der Waals surface area (Å²) in [5, 5.41) is 0. The van der Waals surface area contributed by atoms with Crippen LogP contribution in [0.3, 0.4) is 0 Å². The SMILES string of the molecule is CC1=C[C@@H]2N(C)CC[C@]2(c2ccc3c(c2)OC(F)(F)N3C)C=C1. The molecule has 0 aromatic heterocycles. The molecule has 2 aliphatic heterocycles. The predicted octanol–water partition coefficient (Wildman–Crippen LogP) is 3.52. The number of benzene rings is 1. The average Bonchev–Trinajstić information content (AvgIpc) is 2.95. The zero-order chi connectivity index (χ0) is 16.4. The van der Waals surface area contributed by atoms with Gasteiger partial charge in [-0.15, -0.1) is 8.78 Å². The van der Waals surface area contributed by atoms with Crippen LogP contribution in [-0.4, -0.2) is 37.8 Å². The first-order chi connectivity index (χ1) is 10.8. The van der Waals surface area contributed by atoms with E-state index in [9.17, 15) is 8.78 Å². The third-order valence-corrected chi connectivity index (χ3v) is 5.43. The first kappa shape index (κ1) is 14.7. The number of fused-ring (bicyclic) bond motifs is 2. The fourth-order valence-electron chi connectivity index (χ4n) is 4.00. The van der Waals surface area contributed by atoms with Crippen LogP contribution >= 0.6 is 0 Å². The minimum absolute atomic E-state index is 0.164. The molecule has 0 saturated carbocycles. The van der Waals surface area contributed by atoms with Crippen molar-refractivity contribution in [2.75, 3.05) is 25.5 Å². The maximum atomic E-state index is 13.8. The Morgan fingerprint density at radius 3 is 2.83 bits per heavy atom. The summed E-state index contributed by atoms with van der Waals surface area (Å²) in [6, 6.07) is 5.75. The monoisotopic (exact) mass is 318 g/mol. The highest BCUT2D eigenvalue weighted by molar-refractivity contribution is 5.64. The summed E-state index contributed by atoms with van der Waals surface area (Å²) in [7, 11) is 3.46. The van der Waals surface area contributed by atoms with Gasteiger partial charge in [-0.1, -0.05) is 29.9 Å². The zero-order valence-corrected chi connectivity index (χ0v) is 13.5. The van der Waals surface area contributed by atoms with Crippen molar-refractivity contribution in [1.29, 1.82) is 0 Å². The van der Waals surface area contributed by atoms with Gasteiger partial charge >= 0.3 is 6.23 Å². The molecular weight excluding hydrogens is 298 g/mol. The van der Waals surface area contributed by atoms with Crippen molar-refractivity contribution in [2.45, 2.75) is 31.0 Å². The van der Waals surface area contributed by atoms with Gasteiger partial charge in [0.25, 0.3) is 0 Å². The number of likely N-dealkylation sites (tertiary alicyclic amines) is 1. The molecule has 0 amide bonds. The summed E-state index contributed by atoms with van der Waals surface area (Å²) in [5.74, 6) is 0.261. The quantitative estimate of drug-likeness (QED) is 0.737. The summed E-state index contributed by atoms with van der Waals surface area (Å²) in [5.41, 5.74) is 2.55. The lowest BCUT2D eigenvalue weighted by Gasteiger charge is -2.36. The largest absolute Gasteiger partial charge is 0.496 e. The van der Waals surface area contributed by atoms with Gasteiger partial charge in [0.15, 0.2) is 5.75 Å². The lowest BCUT2D eigenvalue weighted by molar-refractivity contribution is -0.159. The third kappa shape index (κ3) is 1.96. The maximum Gasteiger partial charge on any atom is 0.496 e. The molecule has 1 aromatic rings. The highest BCUT2D eigenvalue weighted by Gasteiger charge is 2.49. The number of hydrogen-bond acceptors (Lipinski definition) is 3. The van der Waals surface area contributed by atoms with Crippen molar-refractivity contribution in [3.05, 3.63) is 47.6 Å². The number of halogens is 2. The van der Waals surface area contributed by atoms with Crippen molar-refractivity contribution in [2.24, 2.45) is 0 Å². The van der Waals surface area contributed by atoms with Gasteiger partial charge < -0.3 is 4.74 Å². The van der Waals surface area contributed by atoms with Crippen LogP contribution in [0.25, 0.3) is 0 Å². The van der Waals surface area contributed by atoms with E-state index in [4.69, 9.17) is 4.74 Å². The number of nitrogens with zero attached hydrogens (tertiary/aromatic N) is 2. The van der Waals surface area contributed by atoms with Crippen molar-refractivity contribution in [3.8, 4) is 5.75 Å². The number of hydrogen-bond donors (Lipinski definition) is 0. The van der Waals surface area contributed by atoms with Gasteiger partial charge in [-0.2, -0.15) is 0 Å². The normalized spacial score (nSPS) is 31.6. The Bertz CT molecular complexity index is 728. The molecule has 0 bridgehead atoms. The van der Waals surface area contributed by atoms with E-state index in [1.807, 2.05) is 6.07 Å². The molecule has 3 nitrogen and oxygen atoms in total. The van der Waals surface area contributed by atoms with Crippen LogP contribution in [0, 0.1) is 0 Å². The second-order valence-electron chi connectivity index (χ2n) is 6.79.